The zero-order valence-corrected chi connectivity index (χ0v) is 14.3. The van der Waals surface area contributed by atoms with Crippen molar-refractivity contribution in [3.8, 4) is 11.5 Å². The third kappa shape index (κ3) is 4.64. The van der Waals surface area contributed by atoms with Crippen LogP contribution in [-0.4, -0.2) is 27.5 Å². The van der Waals surface area contributed by atoms with Crippen LogP contribution in [0.4, 0.5) is 0 Å². The molecule has 26 heavy (non-hydrogen) atoms. The number of rotatable bonds is 6. The van der Waals surface area contributed by atoms with Crippen LogP contribution in [0.1, 0.15) is 27.8 Å². The van der Waals surface area contributed by atoms with E-state index in [4.69, 9.17) is 4.74 Å². The summed E-state index contributed by atoms with van der Waals surface area (Å²) in [6.07, 6.45) is 2.06. The van der Waals surface area contributed by atoms with Crippen molar-refractivity contribution in [1.82, 2.24) is 15.3 Å². The van der Waals surface area contributed by atoms with Gasteiger partial charge in [0.1, 0.15) is 17.3 Å². The number of ether oxygens (including phenoxy) is 1. The molecule has 1 amide bonds. The van der Waals surface area contributed by atoms with Crippen molar-refractivity contribution in [3.05, 3.63) is 83.9 Å². The Labute approximate surface area is 151 Å². The number of aromatic nitrogens is 2. The number of benzene rings is 2. The lowest BCUT2D eigenvalue weighted by Gasteiger charge is -2.14. The van der Waals surface area contributed by atoms with E-state index >= 15 is 0 Å². The number of nitrogens with zero attached hydrogens (tertiary/aromatic N) is 2. The quantitative estimate of drug-likeness (QED) is 0.714. The van der Waals surface area contributed by atoms with Gasteiger partial charge >= 0.3 is 0 Å². The molecule has 2 N–H and O–H groups in total. The monoisotopic (exact) mass is 349 g/mol. The number of hydrogen-bond donors (Lipinski definition) is 2. The Bertz CT molecular complexity index is 867. The highest BCUT2D eigenvalue weighted by Gasteiger charge is 2.12. The van der Waals surface area contributed by atoms with Crippen molar-refractivity contribution in [2.24, 2.45) is 0 Å². The molecule has 0 unspecified atom stereocenters. The molecule has 2 aromatic carbocycles. The second kappa shape index (κ2) is 8.22. The highest BCUT2D eigenvalue weighted by molar-refractivity contribution is 5.93. The van der Waals surface area contributed by atoms with Gasteiger partial charge in [-0.3, -0.25) is 4.79 Å². The van der Waals surface area contributed by atoms with Gasteiger partial charge < -0.3 is 15.2 Å². The number of aliphatic hydroxyl groups excluding tert-OH is 1. The Morgan fingerprint density at radius 3 is 2.50 bits per heavy atom. The number of aliphatic hydroxyl groups is 1. The van der Waals surface area contributed by atoms with Crippen molar-refractivity contribution < 1.29 is 14.6 Å². The van der Waals surface area contributed by atoms with Crippen LogP contribution in [-0.2, 0) is 0 Å². The lowest BCUT2D eigenvalue weighted by molar-refractivity contribution is 0.0915. The molecule has 0 aliphatic carbocycles. The van der Waals surface area contributed by atoms with Crippen molar-refractivity contribution in [2.45, 2.75) is 13.0 Å². The number of para-hydroxylation sites is 1. The molecule has 0 aliphatic rings. The number of hydrogen-bond acceptors (Lipinski definition) is 5. The summed E-state index contributed by atoms with van der Waals surface area (Å²) in [5.74, 6) is 1.59. The fourth-order valence-corrected chi connectivity index (χ4v) is 2.33. The van der Waals surface area contributed by atoms with E-state index in [0.717, 1.165) is 0 Å². The second-order valence-corrected chi connectivity index (χ2v) is 5.73. The molecule has 1 aromatic heterocycles. The Morgan fingerprint density at radius 2 is 1.77 bits per heavy atom. The SMILES string of the molecule is Cc1ncc(C(=O)NC[C@@H](O)c2cccc(Oc3ccccc3)c2)cn1. The minimum Gasteiger partial charge on any atom is -0.457 e. The van der Waals surface area contributed by atoms with Gasteiger partial charge in [-0.25, -0.2) is 9.97 Å². The van der Waals surface area contributed by atoms with E-state index < -0.39 is 6.10 Å². The van der Waals surface area contributed by atoms with Crippen LogP contribution in [0.5, 0.6) is 11.5 Å². The summed E-state index contributed by atoms with van der Waals surface area (Å²) < 4.78 is 5.76. The molecule has 0 saturated carbocycles. The lowest BCUT2D eigenvalue weighted by Crippen LogP contribution is -2.28. The van der Waals surface area contributed by atoms with E-state index in [0.29, 0.717) is 28.5 Å². The first-order chi connectivity index (χ1) is 12.6. The number of carbonyl (C=O) groups excluding carboxylic acids is 1. The van der Waals surface area contributed by atoms with E-state index in [1.54, 1.807) is 25.1 Å². The number of amides is 1. The summed E-state index contributed by atoms with van der Waals surface area (Å²) in [5.41, 5.74) is 1.00. The summed E-state index contributed by atoms with van der Waals surface area (Å²) in [6.45, 7) is 1.82. The normalized spacial score (nSPS) is 11.6. The molecular formula is C20H19N3O3. The zero-order valence-electron chi connectivity index (χ0n) is 14.3. The van der Waals surface area contributed by atoms with Gasteiger partial charge in [-0.2, -0.15) is 0 Å². The van der Waals surface area contributed by atoms with Gasteiger partial charge in [-0.05, 0) is 36.8 Å². The van der Waals surface area contributed by atoms with Crippen LogP contribution in [0.2, 0.25) is 0 Å². The van der Waals surface area contributed by atoms with Crippen molar-refractivity contribution in [2.75, 3.05) is 6.54 Å². The highest BCUT2D eigenvalue weighted by Crippen LogP contribution is 2.24. The Kier molecular flexibility index (Phi) is 5.56. The summed E-state index contributed by atoms with van der Waals surface area (Å²) in [5, 5.41) is 13.0. The summed E-state index contributed by atoms with van der Waals surface area (Å²) >= 11 is 0. The predicted octanol–water partition coefficient (Wildman–Crippen LogP) is 3.04. The van der Waals surface area contributed by atoms with E-state index in [-0.39, 0.29) is 12.5 Å². The minimum atomic E-state index is -0.857. The number of nitrogens with one attached hydrogen (secondary N) is 1. The molecule has 1 atom stereocenters. The average molecular weight is 349 g/mol. The van der Waals surface area contributed by atoms with Crippen molar-refractivity contribution in [1.29, 1.82) is 0 Å². The molecule has 0 radical (unpaired) electrons. The van der Waals surface area contributed by atoms with E-state index in [1.165, 1.54) is 12.4 Å². The van der Waals surface area contributed by atoms with Gasteiger partial charge in [0.25, 0.3) is 5.91 Å². The highest BCUT2D eigenvalue weighted by atomic mass is 16.5. The van der Waals surface area contributed by atoms with Crippen LogP contribution >= 0.6 is 0 Å². The topological polar surface area (TPSA) is 84.3 Å². The third-order valence-corrected chi connectivity index (χ3v) is 3.72. The molecule has 132 valence electrons. The van der Waals surface area contributed by atoms with Crippen LogP contribution < -0.4 is 10.1 Å². The molecule has 1 heterocycles. The summed E-state index contributed by atoms with van der Waals surface area (Å²) in [4.78, 5) is 20.0. The number of carbonyl (C=O) groups is 1. The first-order valence-electron chi connectivity index (χ1n) is 8.19. The van der Waals surface area contributed by atoms with Crippen molar-refractivity contribution in [3.63, 3.8) is 0 Å². The summed E-state index contributed by atoms with van der Waals surface area (Å²) in [6, 6.07) is 16.5. The largest absolute Gasteiger partial charge is 0.457 e. The average Bonchev–Trinajstić information content (AvgIpc) is 2.67. The maximum atomic E-state index is 12.1. The third-order valence-electron chi connectivity index (χ3n) is 3.72. The molecule has 3 aromatic rings. The molecular weight excluding hydrogens is 330 g/mol. The first-order valence-corrected chi connectivity index (χ1v) is 8.19. The molecule has 3 rings (SSSR count). The minimum absolute atomic E-state index is 0.0709. The van der Waals surface area contributed by atoms with Crippen LogP contribution in [0, 0.1) is 6.92 Å². The van der Waals surface area contributed by atoms with E-state index in [1.807, 2.05) is 36.4 Å². The molecule has 0 fully saturated rings. The van der Waals surface area contributed by atoms with Crippen LogP contribution in [0.15, 0.2) is 67.0 Å². The molecule has 6 nitrogen and oxygen atoms in total. The molecule has 6 heteroatoms. The molecule has 0 spiro atoms. The predicted molar refractivity (Wildman–Crippen MR) is 97.0 cm³/mol. The second-order valence-electron chi connectivity index (χ2n) is 5.73. The van der Waals surface area contributed by atoms with Gasteiger partial charge in [0.2, 0.25) is 0 Å². The Hall–Kier alpha value is -3.25. The van der Waals surface area contributed by atoms with Gasteiger partial charge in [-0.1, -0.05) is 30.3 Å². The maximum Gasteiger partial charge on any atom is 0.254 e. The summed E-state index contributed by atoms with van der Waals surface area (Å²) in [7, 11) is 0. The maximum absolute atomic E-state index is 12.1. The smallest absolute Gasteiger partial charge is 0.254 e. The Morgan fingerprint density at radius 1 is 1.08 bits per heavy atom. The Balaban J connectivity index is 1.61. The van der Waals surface area contributed by atoms with E-state index in [2.05, 4.69) is 15.3 Å². The van der Waals surface area contributed by atoms with Crippen LogP contribution in [0.3, 0.4) is 0 Å². The molecule has 0 bridgehead atoms. The molecule has 0 aliphatic heterocycles. The van der Waals surface area contributed by atoms with Crippen LogP contribution in [0.25, 0.3) is 0 Å². The van der Waals surface area contributed by atoms with Crippen molar-refractivity contribution >= 4 is 5.91 Å². The fraction of sp³-hybridized carbons (Fsp3) is 0.150. The van der Waals surface area contributed by atoms with Gasteiger partial charge in [0.05, 0.1) is 11.7 Å². The zero-order chi connectivity index (χ0) is 18.4. The fourth-order valence-electron chi connectivity index (χ4n) is 2.33. The van der Waals surface area contributed by atoms with E-state index in [9.17, 15) is 9.90 Å². The van der Waals surface area contributed by atoms with Gasteiger partial charge in [0, 0.05) is 18.9 Å². The molecule has 0 saturated heterocycles. The standard InChI is InChI=1S/C20H19N3O3/c1-14-21-11-16(12-22-14)20(25)23-13-19(24)15-6-5-9-18(10-15)26-17-7-3-2-4-8-17/h2-12,19,24H,13H2,1H3,(H,23,25)/t19-/m1/s1. The van der Waals surface area contributed by atoms with Gasteiger partial charge in [0.15, 0.2) is 0 Å². The van der Waals surface area contributed by atoms with Gasteiger partial charge in [-0.15, -0.1) is 0 Å². The number of aryl methyl sites for hydroxylation is 1. The lowest BCUT2D eigenvalue weighted by atomic mass is 10.1. The first kappa shape index (κ1) is 17.6.